The second-order valence-electron chi connectivity index (χ2n) is 16.7. The molecule has 44 heavy (non-hydrogen) atoms. The second kappa shape index (κ2) is 9.92. The minimum atomic E-state index is -4.61. The Labute approximate surface area is 260 Å². The summed E-state index contributed by atoms with van der Waals surface area (Å²) in [7, 11) is 0. The molecule has 7 heteroatoms. The van der Waals surface area contributed by atoms with Crippen molar-refractivity contribution in [3.8, 4) is 0 Å². The fraction of sp³-hybridized carbons (Fsp3) is 0.730. The van der Waals surface area contributed by atoms with Gasteiger partial charge < -0.3 is 10.4 Å². The SMILES string of the molecule is CC(C)C1=C2[C@H]3CC[C@@H]4[C@@]5(C)CC[C@H](O)C(C)(C)[C@@H]5CC[C@@]4(C)[C@]3(C)CC[C@@]2(C(=O)Nc2ccccc2C(F)(F)F)CC1=O. The Kier molecular flexibility index (Phi) is 7.18. The molecular weight excluding hydrogens is 563 g/mol. The third-order valence-electron chi connectivity index (χ3n) is 14.3. The van der Waals surface area contributed by atoms with Crippen LogP contribution in [-0.4, -0.2) is 22.9 Å². The van der Waals surface area contributed by atoms with Crippen LogP contribution in [0.3, 0.4) is 0 Å². The topological polar surface area (TPSA) is 66.4 Å². The van der Waals surface area contributed by atoms with Gasteiger partial charge in [-0.3, -0.25) is 9.59 Å². The molecule has 1 aromatic rings. The molecule has 2 N–H and O–H groups in total. The monoisotopic (exact) mass is 613 g/mol. The fourth-order valence-electron chi connectivity index (χ4n) is 12.0. The molecule has 242 valence electrons. The van der Waals surface area contributed by atoms with E-state index in [-0.39, 0.29) is 57.5 Å². The van der Waals surface area contributed by atoms with Gasteiger partial charge in [-0.1, -0.05) is 60.6 Å². The molecule has 4 nitrogen and oxygen atoms in total. The van der Waals surface area contributed by atoms with E-state index in [1.54, 1.807) is 0 Å². The number of anilines is 1. The number of nitrogens with one attached hydrogen (secondary N) is 1. The van der Waals surface area contributed by atoms with Crippen LogP contribution in [0.1, 0.15) is 112 Å². The number of aliphatic hydroxyl groups is 1. The number of ketones is 1. The maximum absolute atomic E-state index is 14.4. The van der Waals surface area contributed by atoms with Crippen molar-refractivity contribution in [1.29, 1.82) is 0 Å². The van der Waals surface area contributed by atoms with E-state index in [1.165, 1.54) is 18.2 Å². The van der Waals surface area contributed by atoms with Gasteiger partial charge in [-0.25, -0.2) is 0 Å². The molecule has 1 aromatic carbocycles. The van der Waals surface area contributed by atoms with Crippen LogP contribution < -0.4 is 5.32 Å². The van der Waals surface area contributed by atoms with Crippen molar-refractivity contribution >= 4 is 17.4 Å². The molecule has 0 unspecified atom stereocenters. The highest BCUT2D eigenvalue weighted by molar-refractivity contribution is 6.10. The number of benzene rings is 1. The Hall–Kier alpha value is -2.15. The predicted octanol–water partition coefficient (Wildman–Crippen LogP) is 8.99. The van der Waals surface area contributed by atoms with Crippen molar-refractivity contribution in [1.82, 2.24) is 0 Å². The first-order valence-electron chi connectivity index (χ1n) is 16.8. The lowest BCUT2D eigenvalue weighted by molar-refractivity contribution is -0.228. The van der Waals surface area contributed by atoms with Crippen molar-refractivity contribution in [3.05, 3.63) is 41.0 Å². The number of fused-ring (bicyclic) bond motifs is 7. The number of hydrogen-bond donors (Lipinski definition) is 2. The maximum Gasteiger partial charge on any atom is 0.418 e. The predicted molar refractivity (Wildman–Crippen MR) is 166 cm³/mol. The van der Waals surface area contributed by atoms with Crippen LogP contribution in [0.5, 0.6) is 0 Å². The van der Waals surface area contributed by atoms with E-state index in [2.05, 4.69) is 39.9 Å². The lowest BCUT2D eigenvalue weighted by Gasteiger charge is -2.72. The van der Waals surface area contributed by atoms with Crippen LogP contribution >= 0.6 is 0 Å². The number of para-hydroxylation sites is 1. The molecule has 0 saturated heterocycles. The first kappa shape index (κ1) is 31.8. The van der Waals surface area contributed by atoms with Gasteiger partial charge in [-0.2, -0.15) is 13.2 Å². The van der Waals surface area contributed by atoms with Crippen LogP contribution in [0, 0.1) is 50.7 Å². The molecule has 0 spiro atoms. The first-order valence-corrected chi connectivity index (χ1v) is 16.8. The fourth-order valence-corrected chi connectivity index (χ4v) is 12.0. The largest absolute Gasteiger partial charge is 0.418 e. The van der Waals surface area contributed by atoms with Crippen molar-refractivity contribution in [3.63, 3.8) is 0 Å². The summed E-state index contributed by atoms with van der Waals surface area (Å²) in [5.41, 5.74) is -0.806. The highest BCUT2D eigenvalue weighted by atomic mass is 19.4. The number of Topliss-reactive ketones (excluding diaryl/α,β-unsaturated/α-hetero) is 1. The molecule has 0 bridgehead atoms. The normalized spacial score (nSPS) is 41.5. The molecule has 8 atom stereocenters. The molecule has 0 aromatic heterocycles. The summed E-state index contributed by atoms with van der Waals surface area (Å²) >= 11 is 0. The van der Waals surface area contributed by atoms with Crippen LogP contribution in [0.4, 0.5) is 18.9 Å². The van der Waals surface area contributed by atoms with Gasteiger partial charge in [0.25, 0.3) is 0 Å². The highest BCUT2D eigenvalue weighted by Gasteiger charge is 2.70. The number of hydrogen-bond acceptors (Lipinski definition) is 3. The van der Waals surface area contributed by atoms with Crippen molar-refractivity contribution in [2.45, 2.75) is 119 Å². The molecule has 0 aliphatic heterocycles. The number of halogens is 3. The number of carbonyl (C=O) groups excluding carboxylic acids is 2. The Morgan fingerprint density at radius 3 is 2.25 bits per heavy atom. The molecule has 6 rings (SSSR count). The van der Waals surface area contributed by atoms with E-state index in [0.29, 0.717) is 18.3 Å². The molecule has 0 radical (unpaired) electrons. The Morgan fingerprint density at radius 1 is 0.909 bits per heavy atom. The van der Waals surface area contributed by atoms with Gasteiger partial charge in [0.15, 0.2) is 5.78 Å². The zero-order valence-corrected chi connectivity index (χ0v) is 27.5. The van der Waals surface area contributed by atoms with Crippen LogP contribution in [0.25, 0.3) is 0 Å². The Bertz CT molecular complexity index is 1410. The Balaban J connectivity index is 1.42. The third kappa shape index (κ3) is 4.12. The molecule has 4 saturated carbocycles. The summed E-state index contributed by atoms with van der Waals surface area (Å²) in [6, 6.07) is 5.13. The molecule has 5 aliphatic carbocycles. The van der Waals surface area contributed by atoms with E-state index in [1.807, 2.05) is 13.8 Å². The van der Waals surface area contributed by atoms with Crippen molar-refractivity contribution in [2.75, 3.05) is 5.32 Å². The minimum absolute atomic E-state index is 0.0206. The summed E-state index contributed by atoms with van der Waals surface area (Å²) in [6.45, 7) is 15.8. The van der Waals surface area contributed by atoms with E-state index >= 15 is 0 Å². The molecule has 0 heterocycles. The second-order valence-corrected chi connectivity index (χ2v) is 16.7. The lowest BCUT2D eigenvalue weighted by atomic mass is 9.33. The van der Waals surface area contributed by atoms with Crippen molar-refractivity contribution in [2.24, 2.45) is 50.7 Å². The van der Waals surface area contributed by atoms with Crippen LogP contribution in [-0.2, 0) is 15.8 Å². The summed E-state index contributed by atoms with van der Waals surface area (Å²) in [5.74, 6) is 0.342. The van der Waals surface area contributed by atoms with E-state index in [9.17, 15) is 27.9 Å². The minimum Gasteiger partial charge on any atom is -0.393 e. The standard InChI is InChI=1S/C37H50F3NO3/c1-21(2)29-25(42)20-36(31(44)41-24-11-9-8-10-22(24)37(38,39)40)19-18-34(6)23(30(29)36)12-13-27-33(5)16-15-28(43)32(3,4)26(33)14-17-35(27,34)7/h8-11,21,23,26-28,43H,12-20H2,1-7H3,(H,41,44)/t23-,26+,27-,28+,33+,34-,35-,36-/m1/s1. The summed E-state index contributed by atoms with van der Waals surface area (Å²) in [5, 5.41) is 13.7. The number of allylic oxidation sites excluding steroid dienone is 1. The third-order valence-corrected chi connectivity index (χ3v) is 14.3. The van der Waals surface area contributed by atoms with Crippen LogP contribution in [0.2, 0.25) is 0 Å². The van der Waals surface area contributed by atoms with Gasteiger partial charge in [0.05, 0.1) is 22.8 Å². The van der Waals surface area contributed by atoms with Crippen LogP contribution in [0.15, 0.2) is 35.4 Å². The van der Waals surface area contributed by atoms with E-state index in [4.69, 9.17) is 0 Å². The first-order chi connectivity index (χ1) is 20.3. The van der Waals surface area contributed by atoms with Gasteiger partial charge in [0.1, 0.15) is 0 Å². The van der Waals surface area contributed by atoms with Gasteiger partial charge in [-0.05, 0) is 120 Å². The van der Waals surface area contributed by atoms with Gasteiger partial charge in [-0.15, -0.1) is 0 Å². The molecule has 1 amide bonds. The highest BCUT2D eigenvalue weighted by Crippen LogP contribution is 2.76. The number of rotatable bonds is 3. The number of amides is 1. The number of aliphatic hydroxyl groups excluding tert-OH is 1. The van der Waals surface area contributed by atoms with Crippen molar-refractivity contribution < 1.29 is 27.9 Å². The smallest absolute Gasteiger partial charge is 0.393 e. The summed E-state index contributed by atoms with van der Waals surface area (Å²) < 4.78 is 41.7. The number of alkyl halides is 3. The quantitative estimate of drug-likeness (QED) is 0.358. The summed E-state index contributed by atoms with van der Waals surface area (Å²) in [6.07, 6.45) is 2.12. The average molecular weight is 614 g/mol. The van der Waals surface area contributed by atoms with Gasteiger partial charge >= 0.3 is 6.18 Å². The lowest BCUT2D eigenvalue weighted by Crippen LogP contribution is -2.66. The number of carbonyl (C=O) groups is 2. The van der Waals surface area contributed by atoms with E-state index < -0.39 is 23.1 Å². The zero-order valence-electron chi connectivity index (χ0n) is 27.5. The zero-order chi connectivity index (χ0) is 32.3. The molecule has 5 aliphatic rings. The van der Waals surface area contributed by atoms with E-state index in [0.717, 1.165) is 62.2 Å². The Morgan fingerprint density at radius 2 is 1.59 bits per heavy atom. The van der Waals surface area contributed by atoms with Gasteiger partial charge in [0, 0.05) is 6.42 Å². The molecular formula is C37H50F3NO3. The van der Waals surface area contributed by atoms with Gasteiger partial charge in [0.2, 0.25) is 5.91 Å². The summed E-state index contributed by atoms with van der Waals surface area (Å²) in [4.78, 5) is 28.2. The average Bonchev–Trinajstić information content (AvgIpc) is 3.24. The maximum atomic E-state index is 14.4. The molecule has 4 fully saturated rings.